The fourth-order valence-corrected chi connectivity index (χ4v) is 4.14. The fraction of sp³-hybridized carbons (Fsp3) is 0.350. The lowest BCUT2D eigenvalue weighted by Crippen LogP contribution is -2.40. The highest BCUT2D eigenvalue weighted by atomic mass is 32.2. The number of aryl methyl sites for hydroxylation is 2. The molecule has 3 heterocycles. The molecule has 3 aromatic rings. The minimum Gasteiger partial charge on any atom is -0.324 e. The number of hydrogen-bond donors (Lipinski definition) is 1. The summed E-state index contributed by atoms with van der Waals surface area (Å²) in [5, 5.41) is 7.87. The summed E-state index contributed by atoms with van der Waals surface area (Å²) in [6.07, 6.45) is 0.249. The van der Waals surface area contributed by atoms with E-state index in [0.717, 1.165) is 17.0 Å². The van der Waals surface area contributed by atoms with Crippen LogP contribution in [0.15, 0.2) is 29.4 Å². The number of anilines is 2. The Morgan fingerprint density at radius 3 is 2.79 bits per heavy atom. The lowest BCUT2D eigenvalue weighted by Gasteiger charge is -2.27. The number of para-hydroxylation sites is 2. The van der Waals surface area contributed by atoms with Crippen LogP contribution in [0.3, 0.4) is 0 Å². The lowest BCUT2D eigenvalue weighted by molar-refractivity contribution is -0.117. The molecule has 0 saturated carbocycles. The molecule has 150 valence electrons. The number of fused-ring (bicyclic) bond motifs is 2. The van der Waals surface area contributed by atoms with Crippen molar-refractivity contribution in [3.8, 4) is 0 Å². The number of nitrogens with one attached hydrogen (secondary N) is 1. The zero-order chi connectivity index (χ0) is 20.7. The van der Waals surface area contributed by atoms with Gasteiger partial charge in [0.25, 0.3) is 5.78 Å². The Labute approximate surface area is 172 Å². The van der Waals surface area contributed by atoms with Gasteiger partial charge in [-0.3, -0.25) is 9.59 Å². The van der Waals surface area contributed by atoms with Gasteiger partial charge >= 0.3 is 0 Å². The Morgan fingerprint density at radius 2 is 2.00 bits per heavy atom. The molecule has 1 aliphatic heterocycles. The van der Waals surface area contributed by atoms with Gasteiger partial charge in [-0.05, 0) is 45.4 Å². The van der Waals surface area contributed by atoms with Gasteiger partial charge in [-0.2, -0.15) is 4.98 Å². The van der Waals surface area contributed by atoms with E-state index in [2.05, 4.69) is 20.4 Å². The molecule has 2 amide bonds. The maximum Gasteiger partial charge on any atom is 0.253 e. The third-order valence-corrected chi connectivity index (χ3v) is 6.02. The topological polar surface area (TPSA) is 92.5 Å². The molecule has 1 aliphatic rings. The maximum atomic E-state index is 13.1. The first-order chi connectivity index (χ1) is 13.8. The molecule has 0 fully saturated rings. The van der Waals surface area contributed by atoms with E-state index in [1.54, 1.807) is 9.42 Å². The summed E-state index contributed by atoms with van der Waals surface area (Å²) in [5.41, 5.74) is 4.34. The minimum absolute atomic E-state index is 0.0950. The molecule has 0 saturated heterocycles. The summed E-state index contributed by atoms with van der Waals surface area (Å²) >= 11 is 1.27. The summed E-state index contributed by atoms with van der Waals surface area (Å²) in [7, 11) is 0. The standard InChI is InChI=1S/C20H22N6O2S/c1-11-9-17(27)22-15-7-5-6-8-16(15)25(11)18(28)10-29-20-23-19-21-13(3)12(2)14(4)26(19)24-20/h5-8,11H,9-10H2,1-4H3,(H,22,27)/t11-/m0/s1. The fourth-order valence-electron chi connectivity index (χ4n) is 3.46. The average molecular weight is 411 g/mol. The molecule has 0 aliphatic carbocycles. The minimum atomic E-state index is -0.241. The van der Waals surface area contributed by atoms with Crippen molar-refractivity contribution in [2.75, 3.05) is 16.0 Å². The normalized spacial score (nSPS) is 16.5. The van der Waals surface area contributed by atoms with Gasteiger partial charge in [-0.1, -0.05) is 23.9 Å². The first-order valence-corrected chi connectivity index (χ1v) is 10.4. The van der Waals surface area contributed by atoms with Crippen molar-refractivity contribution in [1.29, 1.82) is 0 Å². The van der Waals surface area contributed by atoms with Crippen LogP contribution in [0, 0.1) is 20.8 Å². The molecule has 1 aromatic carbocycles. The van der Waals surface area contributed by atoms with E-state index in [1.165, 1.54) is 11.8 Å². The summed E-state index contributed by atoms with van der Waals surface area (Å²) in [5.74, 6) is 0.509. The number of amides is 2. The molecule has 4 rings (SSSR count). The molecule has 9 heteroatoms. The number of hydrogen-bond acceptors (Lipinski definition) is 6. The molecule has 29 heavy (non-hydrogen) atoms. The first-order valence-electron chi connectivity index (χ1n) is 9.39. The highest BCUT2D eigenvalue weighted by Gasteiger charge is 2.29. The highest BCUT2D eigenvalue weighted by molar-refractivity contribution is 7.99. The van der Waals surface area contributed by atoms with E-state index in [-0.39, 0.29) is 30.0 Å². The SMILES string of the molecule is Cc1nc2nc(SCC(=O)N3c4ccccc4NC(=O)C[C@@H]3C)nn2c(C)c1C. The van der Waals surface area contributed by atoms with Crippen LogP contribution in [0.1, 0.15) is 30.3 Å². The van der Waals surface area contributed by atoms with Gasteiger partial charge in [-0.25, -0.2) is 9.50 Å². The monoisotopic (exact) mass is 410 g/mol. The molecule has 2 aromatic heterocycles. The van der Waals surface area contributed by atoms with Crippen LogP contribution in [-0.4, -0.2) is 43.2 Å². The third kappa shape index (κ3) is 3.57. The van der Waals surface area contributed by atoms with Crippen LogP contribution in [0.25, 0.3) is 5.78 Å². The zero-order valence-corrected chi connectivity index (χ0v) is 17.6. The van der Waals surface area contributed by atoms with Gasteiger partial charge in [0.1, 0.15) is 0 Å². The second kappa shape index (κ2) is 7.47. The third-order valence-electron chi connectivity index (χ3n) is 5.19. The van der Waals surface area contributed by atoms with Crippen molar-refractivity contribution < 1.29 is 9.59 Å². The quantitative estimate of drug-likeness (QED) is 0.668. The van der Waals surface area contributed by atoms with Crippen molar-refractivity contribution in [1.82, 2.24) is 19.6 Å². The summed E-state index contributed by atoms with van der Waals surface area (Å²) in [6.45, 7) is 7.81. The van der Waals surface area contributed by atoms with E-state index < -0.39 is 0 Å². The Balaban J connectivity index is 1.57. The molecular weight excluding hydrogens is 388 g/mol. The van der Waals surface area contributed by atoms with Crippen LogP contribution >= 0.6 is 11.8 Å². The van der Waals surface area contributed by atoms with Crippen molar-refractivity contribution in [2.24, 2.45) is 0 Å². The first kappa shape index (κ1) is 19.4. The van der Waals surface area contributed by atoms with Crippen LogP contribution in [0.5, 0.6) is 0 Å². The van der Waals surface area contributed by atoms with Gasteiger partial charge in [0, 0.05) is 23.9 Å². The maximum absolute atomic E-state index is 13.1. The van der Waals surface area contributed by atoms with E-state index in [0.29, 0.717) is 22.3 Å². The van der Waals surface area contributed by atoms with Crippen molar-refractivity contribution in [3.05, 3.63) is 41.2 Å². The summed E-state index contributed by atoms with van der Waals surface area (Å²) in [4.78, 5) is 35.8. The second-order valence-corrected chi connectivity index (χ2v) is 8.13. The van der Waals surface area contributed by atoms with Crippen LogP contribution in [0.2, 0.25) is 0 Å². The van der Waals surface area contributed by atoms with E-state index in [9.17, 15) is 9.59 Å². The van der Waals surface area contributed by atoms with E-state index >= 15 is 0 Å². The van der Waals surface area contributed by atoms with Gasteiger partial charge in [0.2, 0.25) is 17.0 Å². The molecule has 0 radical (unpaired) electrons. The number of benzene rings is 1. The number of thioether (sulfide) groups is 1. The number of rotatable bonds is 3. The number of nitrogens with zero attached hydrogens (tertiary/aromatic N) is 5. The Kier molecular flexibility index (Phi) is 4.99. The van der Waals surface area contributed by atoms with Gasteiger partial charge in [-0.15, -0.1) is 5.10 Å². The molecule has 1 N–H and O–H groups in total. The second-order valence-electron chi connectivity index (χ2n) is 7.18. The zero-order valence-electron chi connectivity index (χ0n) is 16.8. The Bertz CT molecular complexity index is 1130. The average Bonchev–Trinajstić information content (AvgIpc) is 3.03. The largest absolute Gasteiger partial charge is 0.324 e. The van der Waals surface area contributed by atoms with Crippen molar-refractivity contribution in [2.45, 2.75) is 45.3 Å². The number of carbonyl (C=O) groups excluding carboxylic acids is 2. The number of carbonyl (C=O) groups is 2. The molecule has 0 unspecified atom stereocenters. The predicted octanol–water partition coefficient (Wildman–Crippen LogP) is 2.91. The van der Waals surface area contributed by atoms with E-state index in [4.69, 9.17) is 0 Å². The predicted molar refractivity (Wildman–Crippen MR) is 112 cm³/mol. The smallest absolute Gasteiger partial charge is 0.253 e. The van der Waals surface area contributed by atoms with Crippen LogP contribution in [-0.2, 0) is 9.59 Å². The summed E-state index contributed by atoms with van der Waals surface area (Å²) in [6, 6.07) is 7.12. The highest BCUT2D eigenvalue weighted by Crippen LogP contribution is 2.32. The molecule has 0 spiro atoms. The molecular formula is C20H22N6O2S. The van der Waals surface area contributed by atoms with Crippen molar-refractivity contribution >= 4 is 40.7 Å². The van der Waals surface area contributed by atoms with Crippen molar-refractivity contribution in [3.63, 3.8) is 0 Å². The Hall–Kier alpha value is -2.94. The number of aromatic nitrogens is 4. The lowest BCUT2D eigenvalue weighted by atomic mass is 10.2. The van der Waals surface area contributed by atoms with Gasteiger partial charge in [0.05, 0.1) is 17.1 Å². The molecule has 1 atom stereocenters. The van der Waals surface area contributed by atoms with Gasteiger partial charge < -0.3 is 10.2 Å². The van der Waals surface area contributed by atoms with Crippen LogP contribution in [0.4, 0.5) is 11.4 Å². The van der Waals surface area contributed by atoms with Gasteiger partial charge in [0.15, 0.2) is 0 Å². The molecule has 0 bridgehead atoms. The summed E-state index contributed by atoms with van der Waals surface area (Å²) < 4.78 is 1.71. The van der Waals surface area contributed by atoms with E-state index in [1.807, 2.05) is 52.0 Å². The Morgan fingerprint density at radius 1 is 1.24 bits per heavy atom. The molecule has 8 nitrogen and oxygen atoms in total. The van der Waals surface area contributed by atoms with Crippen LogP contribution < -0.4 is 10.2 Å².